The fourth-order valence-electron chi connectivity index (χ4n) is 6.59. The molecule has 2 aliphatic rings. The molecule has 0 bridgehead atoms. The Labute approximate surface area is 279 Å². The van der Waals surface area contributed by atoms with E-state index in [-0.39, 0.29) is 23.8 Å². The van der Waals surface area contributed by atoms with Crippen molar-refractivity contribution in [2.24, 2.45) is 0 Å². The Bertz CT molecular complexity index is 1500. The Kier molecular flexibility index (Phi) is 11.7. The Hall–Kier alpha value is -4.17. The maximum atomic E-state index is 14.2. The molecule has 8 heteroatoms. The highest BCUT2D eigenvalue weighted by atomic mass is 16.5. The van der Waals surface area contributed by atoms with Crippen LogP contribution < -0.4 is 20.7 Å². The molecule has 1 saturated heterocycles. The molecule has 0 aromatic heterocycles. The number of likely N-dealkylation sites (tertiary alicyclic amines) is 1. The van der Waals surface area contributed by atoms with Gasteiger partial charge >= 0.3 is 0 Å². The fraction of sp³-hybridized carbons (Fsp3) is 0.462. The standard InChI is InChI=1S/C39H50N4O4/c1-26(2)30-19-15-29(16-20-30)25-47-32-21-17-28(18-22-32)24-35(42-37(44)27(3)40-4)39(46)43-23-8-7-14-36(43)38(45)41-34-13-9-11-31-10-5-6-12-33(31)34/h5-6,10,12,15-22,26-27,34-36,40H,7-9,11,13-14,23-25H2,1-4H3,(H,41,45)(H,42,44). The van der Waals surface area contributed by atoms with Gasteiger partial charge in [0.25, 0.3) is 0 Å². The molecule has 4 unspecified atom stereocenters. The number of hydrogen-bond donors (Lipinski definition) is 3. The van der Waals surface area contributed by atoms with Crippen molar-refractivity contribution in [2.75, 3.05) is 13.6 Å². The maximum absolute atomic E-state index is 14.2. The van der Waals surface area contributed by atoms with Crippen LogP contribution in [0.25, 0.3) is 0 Å². The second kappa shape index (κ2) is 16.1. The highest BCUT2D eigenvalue weighted by Gasteiger charge is 2.37. The minimum atomic E-state index is -0.812. The molecule has 8 nitrogen and oxygen atoms in total. The third-order valence-corrected chi connectivity index (χ3v) is 9.63. The first-order valence-electron chi connectivity index (χ1n) is 17.2. The van der Waals surface area contributed by atoms with Crippen molar-refractivity contribution < 1.29 is 19.1 Å². The van der Waals surface area contributed by atoms with E-state index in [1.807, 2.05) is 36.4 Å². The summed E-state index contributed by atoms with van der Waals surface area (Å²) in [5.41, 5.74) is 5.73. The number of rotatable bonds is 12. The predicted octanol–water partition coefficient (Wildman–Crippen LogP) is 5.60. The first-order chi connectivity index (χ1) is 22.7. The Balaban J connectivity index is 1.27. The molecule has 5 rings (SSSR count). The number of benzene rings is 3. The normalized spacial score (nSPS) is 19.0. The summed E-state index contributed by atoms with van der Waals surface area (Å²) in [6.07, 6.45) is 5.52. The summed E-state index contributed by atoms with van der Waals surface area (Å²) in [4.78, 5) is 42.8. The molecule has 0 saturated carbocycles. The second-order valence-corrected chi connectivity index (χ2v) is 13.3. The lowest BCUT2D eigenvalue weighted by Gasteiger charge is -2.38. The van der Waals surface area contributed by atoms with Crippen molar-refractivity contribution in [2.45, 2.75) is 102 Å². The molecule has 4 atom stereocenters. The quantitative estimate of drug-likeness (QED) is 0.240. The van der Waals surface area contributed by atoms with Crippen molar-refractivity contribution >= 4 is 17.7 Å². The molecule has 47 heavy (non-hydrogen) atoms. The minimum Gasteiger partial charge on any atom is -0.489 e. The first kappa shape index (κ1) is 34.2. The summed E-state index contributed by atoms with van der Waals surface area (Å²) in [6, 6.07) is 22.5. The van der Waals surface area contributed by atoms with Crippen molar-refractivity contribution in [3.8, 4) is 5.75 Å². The maximum Gasteiger partial charge on any atom is 0.246 e. The zero-order valence-corrected chi connectivity index (χ0v) is 28.3. The summed E-state index contributed by atoms with van der Waals surface area (Å²) >= 11 is 0. The second-order valence-electron chi connectivity index (χ2n) is 13.3. The topological polar surface area (TPSA) is 99.8 Å². The fourth-order valence-corrected chi connectivity index (χ4v) is 6.59. The van der Waals surface area contributed by atoms with Gasteiger partial charge in [0.1, 0.15) is 24.4 Å². The molecule has 1 aliphatic heterocycles. The first-order valence-corrected chi connectivity index (χ1v) is 17.2. The number of nitrogens with zero attached hydrogens (tertiary/aromatic N) is 1. The summed E-state index contributed by atoms with van der Waals surface area (Å²) < 4.78 is 6.03. The lowest BCUT2D eigenvalue weighted by molar-refractivity contribution is -0.145. The van der Waals surface area contributed by atoms with Crippen LogP contribution in [0.5, 0.6) is 5.75 Å². The highest BCUT2D eigenvalue weighted by molar-refractivity contribution is 5.93. The highest BCUT2D eigenvalue weighted by Crippen LogP contribution is 2.30. The average molecular weight is 639 g/mol. The van der Waals surface area contributed by atoms with E-state index in [0.717, 1.165) is 49.0 Å². The van der Waals surface area contributed by atoms with Crippen LogP contribution in [-0.2, 0) is 33.8 Å². The Morgan fingerprint density at radius 3 is 2.32 bits per heavy atom. The predicted molar refractivity (Wildman–Crippen MR) is 185 cm³/mol. The lowest BCUT2D eigenvalue weighted by atomic mass is 9.87. The molecule has 3 aromatic rings. The van der Waals surface area contributed by atoms with Crippen LogP contribution in [0.4, 0.5) is 0 Å². The van der Waals surface area contributed by atoms with Gasteiger partial charge in [0.2, 0.25) is 17.7 Å². The molecule has 0 radical (unpaired) electrons. The van der Waals surface area contributed by atoms with Crippen LogP contribution in [0, 0.1) is 0 Å². The lowest BCUT2D eigenvalue weighted by Crippen LogP contribution is -2.59. The van der Waals surface area contributed by atoms with Crippen molar-refractivity contribution in [3.05, 3.63) is 101 Å². The molecule has 1 heterocycles. The number of carbonyl (C=O) groups is 3. The summed E-state index contributed by atoms with van der Waals surface area (Å²) in [5.74, 6) is 0.613. The summed E-state index contributed by atoms with van der Waals surface area (Å²) in [5, 5.41) is 9.22. The SMILES string of the molecule is CNC(C)C(=O)NC(Cc1ccc(OCc2ccc(C(C)C)cc2)cc1)C(=O)N1CCCCC1C(=O)NC1CCCc2ccccc21. The van der Waals surface area contributed by atoms with Crippen LogP contribution in [0.1, 0.15) is 92.7 Å². The van der Waals surface area contributed by atoms with E-state index >= 15 is 0 Å². The van der Waals surface area contributed by atoms with Crippen LogP contribution >= 0.6 is 0 Å². The number of amides is 3. The minimum absolute atomic E-state index is 0.0570. The van der Waals surface area contributed by atoms with E-state index in [4.69, 9.17) is 4.74 Å². The van der Waals surface area contributed by atoms with E-state index in [9.17, 15) is 14.4 Å². The van der Waals surface area contributed by atoms with Crippen LogP contribution in [0.15, 0.2) is 72.8 Å². The van der Waals surface area contributed by atoms with E-state index in [2.05, 4.69) is 66.2 Å². The van der Waals surface area contributed by atoms with Crippen LogP contribution in [0.3, 0.4) is 0 Å². The Morgan fingerprint density at radius 1 is 0.872 bits per heavy atom. The number of likely N-dealkylation sites (N-methyl/N-ethyl adjacent to an activating group) is 1. The number of aryl methyl sites for hydroxylation is 1. The van der Waals surface area contributed by atoms with Gasteiger partial charge in [0.05, 0.1) is 12.1 Å². The average Bonchev–Trinajstić information content (AvgIpc) is 3.10. The summed E-state index contributed by atoms with van der Waals surface area (Å²) in [7, 11) is 1.72. The number of carbonyl (C=O) groups excluding carboxylic acids is 3. The molecular formula is C39H50N4O4. The van der Waals surface area contributed by atoms with Gasteiger partial charge in [0, 0.05) is 13.0 Å². The van der Waals surface area contributed by atoms with Gasteiger partial charge in [-0.3, -0.25) is 14.4 Å². The number of ether oxygens (including phenoxy) is 1. The van der Waals surface area contributed by atoms with Crippen molar-refractivity contribution in [1.29, 1.82) is 0 Å². The van der Waals surface area contributed by atoms with Crippen molar-refractivity contribution in [3.63, 3.8) is 0 Å². The summed E-state index contributed by atoms with van der Waals surface area (Å²) in [6.45, 7) is 7.06. The molecule has 3 amide bonds. The van der Waals surface area contributed by atoms with Crippen LogP contribution in [-0.4, -0.2) is 54.3 Å². The van der Waals surface area contributed by atoms with Gasteiger partial charge in [-0.25, -0.2) is 0 Å². The van der Waals surface area contributed by atoms with Gasteiger partial charge < -0.3 is 25.6 Å². The molecular weight excluding hydrogens is 588 g/mol. The number of hydrogen-bond acceptors (Lipinski definition) is 5. The molecule has 1 aliphatic carbocycles. The van der Waals surface area contributed by atoms with Crippen molar-refractivity contribution in [1.82, 2.24) is 20.9 Å². The largest absolute Gasteiger partial charge is 0.489 e. The van der Waals surface area contributed by atoms with E-state index in [1.54, 1.807) is 18.9 Å². The monoisotopic (exact) mass is 638 g/mol. The third-order valence-electron chi connectivity index (χ3n) is 9.63. The van der Waals surface area contributed by atoms with E-state index in [1.165, 1.54) is 16.7 Å². The Morgan fingerprint density at radius 2 is 1.60 bits per heavy atom. The number of piperidine rings is 1. The molecule has 3 aromatic carbocycles. The number of nitrogens with one attached hydrogen (secondary N) is 3. The van der Waals surface area contributed by atoms with Crippen LogP contribution in [0.2, 0.25) is 0 Å². The van der Waals surface area contributed by atoms with Gasteiger partial charge in [-0.2, -0.15) is 0 Å². The zero-order valence-electron chi connectivity index (χ0n) is 28.3. The smallest absolute Gasteiger partial charge is 0.246 e. The van der Waals surface area contributed by atoms with Gasteiger partial charge in [-0.15, -0.1) is 0 Å². The van der Waals surface area contributed by atoms with E-state index in [0.29, 0.717) is 31.9 Å². The van der Waals surface area contributed by atoms with Gasteiger partial charge in [0.15, 0.2) is 0 Å². The zero-order chi connectivity index (χ0) is 33.3. The molecule has 0 spiro atoms. The number of fused-ring (bicyclic) bond motifs is 1. The molecule has 1 fully saturated rings. The van der Waals surface area contributed by atoms with E-state index < -0.39 is 18.1 Å². The van der Waals surface area contributed by atoms with Gasteiger partial charge in [-0.1, -0.05) is 74.5 Å². The molecule has 250 valence electrons. The van der Waals surface area contributed by atoms with Gasteiger partial charge in [-0.05, 0) is 98.4 Å². The molecule has 3 N–H and O–H groups in total. The third kappa shape index (κ3) is 8.80.